The van der Waals surface area contributed by atoms with Crippen molar-refractivity contribution in [1.82, 2.24) is 14.9 Å². The molecule has 0 saturated carbocycles. The van der Waals surface area contributed by atoms with Gasteiger partial charge in [-0.25, -0.2) is 4.79 Å². The quantitative estimate of drug-likeness (QED) is 0.0997. The lowest BCUT2D eigenvalue weighted by Gasteiger charge is -2.49. The number of aliphatic hydroxyl groups is 6. The fourth-order valence-electron chi connectivity index (χ4n) is 4.40. The molecular formula is C21H32N4O16P-. The number of carbonyl (C=O) groups is 2. The first kappa shape index (κ1) is 34.1. The van der Waals surface area contributed by atoms with Crippen molar-refractivity contribution >= 4 is 19.7 Å². The molecule has 3 heterocycles. The van der Waals surface area contributed by atoms with Crippen LogP contribution in [-0.4, -0.2) is 126 Å². The van der Waals surface area contributed by atoms with Gasteiger partial charge < -0.3 is 70.5 Å². The predicted molar refractivity (Wildman–Crippen MR) is 126 cm³/mol. The van der Waals surface area contributed by atoms with Gasteiger partial charge in [-0.1, -0.05) is 0 Å². The molecule has 2 fully saturated rings. The molecule has 11 atom stereocenters. The summed E-state index contributed by atoms with van der Waals surface area (Å²) in [6.07, 6.45) is -14.9. The summed E-state index contributed by atoms with van der Waals surface area (Å²) in [6, 6.07) is -0.233. The van der Waals surface area contributed by atoms with Gasteiger partial charge in [-0.15, -0.1) is 0 Å². The minimum Gasteiger partial charge on any atom is -0.756 e. The van der Waals surface area contributed by atoms with Gasteiger partial charge >= 0.3 is 5.69 Å². The number of carboxylic acid groups (broad SMARTS) is 1. The molecule has 1 amide bonds. The summed E-state index contributed by atoms with van der Waals surface area (Å²) in [5.41, 5.74) is 2.83. The highest BCUT2D eigenvalue weighted by molar-refractivity contribution is 7.45. The Morgan fingerprint density at radius 2 is 2.00 bits per heavy atom. The zero-order valence-corrected chi connectivity index (χ0v) is 22.9. The first-order chi connectivity index (χ1) is 19.6. The van der Waals surface area contributed by atoms with Crippen LogP contribution in [0.4, 0.5) is 0 Å². The average Bonchev–Trinajstić information content (AvgIpc) is 3.20. The van der Waals surface area contributed by atoms with E-state index in [0.717, 1.165) is 4.57 Å². The van der Waals surface area contributed by atoms with Crippen molar-refractivity contribution in [3.05, 3.63) is 28.4 Å². The molecule has 3 rings (SSSR count). The number of aromatic nitrogens is 2. The van der Waals surface area contributed by atoms with Crippen LogP contribution in [0.2, 0.25) is 0 Å². The van der Waals surface area contributed by atoms with Gasteiger partial charge in [-0.05, 0) is 13.0 Å². The SMILES string of the molecule is Cc1ccn([C@@H]2O[C@H](COP(=O)([O-])O[C@@]3(C(=O)[O-])C[C@H](O)[C@@H](NC(=O)C[NH3+])C([C@H](O)[C@H](O)CO)O3)[C@H](O)C2O)c(=O)n1. The van der Waals surface area contributed by atoms with Gasteiger partial charge in [0, 0.05) is 18.3 Å². The lowest BCUT2D eigenvalue weighted by Crippen LogP contribution is -2.71. The van der Waals surface area contributed by atoms with Crippen LogP contribution in [0.25, 0.3) is 0 Å². The third-order valence-electron chi connectivity index (χ3n) is 6.59. The first-order valence-corrected chi connectivity index (χ1v) is 13.9. The fourth-order valence-corrected chi connectivity index (χ4v) is 5.33. The van der Waals surface area contributed by atoms with Gasteiger partial charge in [0.2, 0.25) is 5.79 Å². The second-order valence-corrected chi connectivity index (χ2v) is 11.0. The molecule has 0 aromatic carbocycles. The van der Waals surface area contributed by atoms with E-state index in [1.54, 1.807) is 0 Å². The van der Waals surface area contributed by atoms with Crippen LogP contribution in [0.1, 0.15) is 18.3 Å². The Balaban J connectivity index is 1.79. The molecular weight excluding hydrogens is 595 g/mol. The van der Waals surface area contributed by atoms with Crippen LogP contribution in [-0.2, 0) is 32.7 Å². The Morgan fingerprint density at radius 3 is 2.57 bits per heavy atom. The van der Waals surface area contributed by atoms with Crippen LogP contribution >= 0.6 is 7.82 Å². The smallest absolute Gasteiger partial charge is 0.349 e. The summed E-state index contributed by atoms with van der Waals surface area (Å²) >= 11 is 0. The molecule has 21 heteroatoms. The molecule has 2 saturated heterocycles. The van der Waals surface area contributed by atoms with E-state index in [1.165, 1.54) is 19.2 Å². The van der Waals surface area contributed by atoms with Gasteiger partial charge in [-0.2, -0.15) is 4.98 Å². The molecule has 2 aliphatic rings. The number of aryl methyl sites for hydroxylation is 1. The summed E-state index contributed by atoms with van der Waals surface area (Å²) in [6.45, 7) is -1.01. The predicted octanol–water partition coefficient (Wildman–Crippen LogP) is -8.29. The number of aliphatic carboxylic acids is 1. The molecule has 10 N–H and O–H groups in total. The van der Waals surface area contributed by atoms with Crippen LogP contribution in [0.15, 0.2) is 17.1 Å². The van der Waals surface area contributed by atoms with E-state index < -0.39 is 106 Å². The number of quaternary nitrogens is 1. The topological polar surface area (TPSA) is 330 Å². The van der Waals surface area contributed by atoms with Crippen molar-refractivity contribution in [3.63, 3.8) is 0 Å². The molecule has 0 aliphatic carbocycles. The van der Waals surface area contributed by atoms with Crippen LogP contribution in [0.3, 0.4) is 0 Å². The van der Waals surface area contributed by atoms with Crippen molar-refractivity contribution < 1.29 is 79.0 Å². The number of rotatable bonds is 12. The number of amides is 1. The Hall–Kier alpha value is -2.43. The molecule has 20 nitrogen and oxygen atoms in total. The molecule has 0 spiro atoms. The summed E-state index contributed by atoms with van der Waals surface area (Å²) in [4.78, 5) is 52.5. The maximum atomic E-state index is 12.7. The minimum atomic E-state index is -5.81. The second kappa shape index (κ2) is 13.5. The van der Waals surface area contributed by atoms with Gasteiger partial charge in [0.05, 0.1) is 25.4 Å². The Morgan fingerprint density at radius 1 is 1.33 bits per heavy atom. The number of phosphoric ester groups is 1. The zero-order chi connectivity index (χ0) is 31.6. The van der Waals surface area contributed by atoms with Crippen molar-refractivity contribution in [3.8, 4) is 0 Å². The monoisotopic (exact) mass is 627 g/mol. The van der Waals surface area contributed by atoms with E-state index in [2.05, 4.69) is 25.1 Å². The maximum absolute atomic E-state index is 12.7. The fraction of sp³-hybridized carbons (Fsp3) is 0.714. The molecule has 3 unspecified atom stereocenters. The Labute approximate surface area is 236 Å². The van der Waals surface area contributed by atoms with E-state index >= 15 is 0 Å². The number of nitrogens with zero attached hydrogens (tertiary/aromatic N) is 2. The van der Waals surface area contributed by atoms with E-state index in [-0.39, 0.29) is 6.54 Å². The first-order valence-electron chi connectivity index (χ1n) is 12.4. The van der Waals surface area contributed by atoms with Gasteiger partial charge in [0.15, 0.2) is 12.8 Å². The summed E-state index contributed by atoms with van der Waals surface area (Å²) in [7, 11) is -5.81. The summed E-state index contributed by atoms with van der Waals surface area (Å²) in [5, 5.41) is 75.1. The number of carbonyl (C=O) groups excluding carboxylic acids is 2. The van der Waals surface area contributed by atoms with E-state index in [0.29, 0.717) is 5.69 Å². The van der Waals surface area contributed by atoms with Gasteiger partial charge in [0.1, 0.15) is 42.6 Å². The second-order valence-electron chi connectivity index (χ2n) is 9.62. The van der Waals surface area contributed by atoms with E-state index in [9.17, 15) is 59.6 Å². The standard InChI is InChI=1S/C21H33N4O16P/c1-8-2-3-25(20(35)23-8)18-16(32)15(31)11(39-18)7-38-42(36,37)41-21(19(33)34)4-9(27)13(24-12(29)5-22)17(40-21)14(30)10(28)6-26/h2-3,9-11,13-18,26-28,30-32H,4-7,22H2,1H3,(H,24,29)(H,33,34)(H,36,37)/p-1/t9-,10+,11+,13+,14+,15-,16?,17?,18+,21+/m0/s1. The largest absolute Gasteiger partial charge is 0.756 e. The lowest BCUT2D eigenvalue weighted by molar-refractivity contribution is -0.378. The van der Waals surface area contributed by atoms with Gasteiger partial charge in [0.25, 0.3) is 13.7 Å². The third-order valence-corrected chi connectivity index (χ3v) is 7.58. The number of nitrogens with one attached hydrogen (secondary N) is 1. The highest BCUT2D eigenvalue weighted by atomic mass is 31.2. The van der Waals surface area contributed by atoms with Crippen LogP contribution < -0.4 is 26.7 Å². The van der Waals surface area contributed by atoms with Crippen molar-refractivity contribution in [1.29, 1.82) is 0 Å². The third kappa shape index (κ3) is 7.37. The maximum Gasteiger partial charge on any atom is 0.349 e. The van der Waals surface area contributed by atoms with Crippen LogP contribution in [0.5, 0.6) is 0 Å². The number of carboxylic acids is 1. The molecule has 238 valence electrons. The number of phosphoric acid groups is 1. The highest BCUT2D eigenvalue weighted by Gasteiger charge is 2.54. The molecule has 2 aliphatic heterocycles. The Bertz CT molecular complexity index is 1230. The van der Waals surface area contributed by atoms with Crippen molar-refractivity contribution in [2.75, 3.05) is 19.8 Å². The van der Waals surface area contributed by atoms with Crippen molar-refractivity contribution in [2.24, 2.45) is 0 Å². The normalized spacial score (nSPS) is 34.4. The number of aliphatic hydroxyl groups excluding tert-OH is 6. The van der Waals surface area contributed by atoms with Crippen LogP contribution in [0, 0.1) is 6.92 Å². The molecule has 1 aromatic heterocycles. The molecule has 1 aromatic rings. The number of ether oxygens (including phenoxy) is 2. The van der Waals surface area contributed by atoms with Crippen molar-refractivity contribution in [2.45, 2.75) is 74.1 Å². The Kier molecular flexibility index (Phi) is 10.9. The summed E-state index contributed by atoms with van der Waals surface area (Å²) < 4.78 is 33.4. The van der Waals surface area contributed by atoms with Gasteiger partial charge in [-0.3, -0.25) is 18.5 Å². The summed E-state index contributed by atoms with van der Waals surface area (Å²) in [5.74, 6) is -6.57. The lowest BCUT2D eigenvalue weighted by atomic mass is 9.88. The number of hydrogen-bond acceptors (Lipinski definition) is 17. The van der Waals surface area contributed by atoms with E-state index in [4.69, 9.17) is 9.47 Å². The molecule has 0 bridgehead atoms. The molecule has 42 heavy (non-hydrogen) atoms. The van der Waals surface area contributed by atoms with E-state index in [1.807, 2.05) is 0 Å². The minimum absolute atomic E-state index is 0.349. The highest BCUT2D eigenvalue weighted by Crippen LogP contribution is 2.48. The number of hydrogen-bond donors (Lipinski definition) is 8. The average molecular weight is 627 g/mol. The zero-order valence-electron chi connectivity index (χ0n) is 22.0. The molecule has 0 radical (unpaired) electrons.